The second kappa shape index (κ2) is 7.91. The number of hydrogen-bond acceptors (Lipinski definition) is 5. The molecule has 0 radical (unpaired) electrons. The zero-order valence-corrected chi connectivity index (χ0v) is 19.7. The fraction of sp³-hybridized carbons (Fsp3) is 0.308. The van der Waals surface area contributed by atoms with Gasteiger partial charge >= 0.3 is 5.97 Å². The lowest BCUT2D eigenvalue weighted by Crippen LogP contribution is -2.32. The van der Waals surface area contributed by atoms with Crippen LogP contribution in [0.2, 0.25) is 0 Å². The molecule has 0 unspecified atom stereocenters. The van der Waals surface area contributed by atoms with Crippen LogP contribution >= 0.6 is 15.9 Å². The summed E-state index contributed by atoms with van der Waals surface area (Å²) in [6, 6.07) is 13.8. The highest BCUT2D eigenvalue weighted by atomic mass is 79.9. The van der Waals surface area contributed by atoms with Gasteiger partial charge in [-0.1, -0.05) is 34.1 Å². The molecule has 3 amide bonds. The van der Waals surface area contributed by atoms with Crippen molar-refractivity contribution in [1.82, 2.24) is 0 Å². The van der Waals surface area contributed by atoms with Crippen LogP contribution in [0.4, 0.5) is 11.4 Å². The van der Waals surface area contributed by atoms with Gasteiger partial charge in [0, 0.05) is 29.2 Å². The van der Waals surface area contributed by atoms with Crippen LogP contribution in [0.5, 0.6) is 5.75 Å². The second-order valence-electron chi connectivity index (χ2n) is 9.31. The summed E-state index contributed by atoms with van der Waals surface area (Å²) in [6.07, 6.45) is 5.05. The Morgan fingerprint density at radius 1 is 0.912 bits per heavy atom. The average Bonchev–Trinajstić information content (AvgIpc) is 3.58. The molecule has 0 spiro atoms. The summed E-state index contributed by atoms with van der Waals surface area (Å²) < 4.78 is 6.49. The molecule has 3 fully saturated rings. The number of benzene rings is 2. The minimum Gasteiger partial charge on any atom is -0.426 e. The number of halogens is 1. The van der Waals surface area contributed by atoms with E-state index in [1.807, 2.05) is 24.3 Å². The average molecular weight is 521 g/mol. The van der Waals surface area contributed by atoms with Crippen LogP contribution in [0.1, 0.15) is 12.8 Å². The van der Waals surface area contributed by atoms with E-state index in [1.54, 1.807) is 29.2 Å². The summed E-state index contributed by atoms with van der Waals surface area (Å²) >= 11 is 3.38. The van der Waals surface area contributed by atoms with Crippen molar-refractivity contribution >= 4 is 51.0 Å². The number of allylic oxidation sites excluding steroid dienone is 2. The van der Waals surface area contributed by atoms with Crippen molar-refractivity contribution in [2.75, 3.05) is 16.3 Å². The number of ether oxygens (including phenoxy) is 1. The van der Waals surface area contributed by atoms with E-state index in [9.17, 15) is 19.2 Å². The molecular weight excluding hydrogens is 500 g/mol. The Kier molecular flexibility index (Phi) is 4.95. The first-order valence-corrected chi connectivity index (χ1v) is 12.1. The number of carbonyl (C=O) groups excluding carboxylic acids is 4. The van der Waals surface area contributed by atoms with Gasteiger partial charge in [0.25, 0.3) is 0 Å². The number of rotatable bonds is 4. The number of carbonyl (C=O) groups is 4. The highest BCUT2D eigenvalue weighted by Crippen LogP contribution is 2.53. The molecule has 0 aromatic heterocycles. The third-order valence-corrected chi connectivity index (χ3v) is 7.89. The van der Waals surface area contributed by atoms with Gasteiger partial charge in [0.2, 0.25) is 17.7 Å². The Labute approximate surface area is 204 Å². The number of hydrogen-bond donors (Lipinski definition) is 0. The van der Waals surface area contributed by atoms with Gasteiger partial charge in [-0.05, 0) is 54.7 Å². The van der Waals surface area contributed by atoms with Gasteiger partial charge in [0.15, 0.2) is 0 Å². The van der Waals surface area contributed by atoms with Crippen LogP contribution in [-0.4, -0.2) is 30.2 Å². The molecule has 8 heteroatoms. The molecule has 2 aliphatic carbocycles. The van der Waals surface area contributed by atoms with Crippen molar-refractivity contribution in [3.05, 3.63) is 65.2 Å². The van der Waals surface area contributed by atoms with Crippen molar-refractivity contribution < 1.29 is 23.9 Å². The molecule has 1 saturated carbocycles. The minimum atomic E-state index is -0.601. The van der Waals surface area contributed by atoms with Crippen molar-refractivity contribution in [1.29, 1.82) is 0 Å². The normalized spacial score (nSPS) is 29.3. The maximum atomic E-state index is 13.1. The monoisotopic (exact) mass is 520 g/mol. The molecule has 2 saturated heterocycles. The van der Waals surface area contributed by atoms with Gasteiger partial charge < -0.3 is 9.64 Å². The molecule has 2 aliphatic heterocycles. The predicted octanol–water partition coefficient (Wildman–Crippen LogP) is 3.72. The van der Waals surface area contributed by atoms with E-state index in [-0.39, 0.29) is 60.1 Å². The summed E-state index contributed by atoms with van der Waals surface area (Å²) in [7, 11) is 0. The summed E-state index contributed by atoms with van der Waals surface area (Å²) in [5, 5.41) is 0. The van der Waals surface area contributed by atoms with E-state index in [0.29, 0.717) is 5.69 Å². The number of anilines is 2. The highest BCUT2D eigenvalue weighted by Gasteiger charge is 2.59. The number of amides is 3. The van der Waals surface area contributed by atoms with E-state index >= 15 is 0 Å². The van der Waals surface area contributed by atoms with E-state index in [4.69, 9.17) is 4.74 Å². The Morgan fingerprint density at radius 2 is 1.59 bits per heavy atom. The first-order chi connectivity index (χ1) is 16.4. The lowest BCUT2D eigenvalue weighted by Gasteiger charge is -2.18. The molecule has 5 atom stereocenters. The fourth-order valence-corrected chi connectivity index (χ4v) is 6.04. The van der Waals surface area contributed by atoms with Crippen molar-refractivity contribution in [3.8, 4) is 5.75 Å². The summed E-state index contributed by atoms with van der Waals surface area (Å²) in [6.45, 7) is 0.237. The fourth-order valence-electron chi connectivity index (χ4n) is 5.78. The van der Waals surface area contributed by atoms with Gasteiger partial charge in [0.05, 0.1) is 23.4 Å². The molecule has 4 aliphatic rings. The van der Waals surface area contributed by atoms with Gasteiger partial charge in [-0.25, -0.2) is 4.90 Å². The van der Waals surface area contributed by atoms with Gasteiger partial charge in [-0.15, -0.1) is 0 Å². The smallest absolute Gasteiger partial charge is 0.316 e. The molecule has 2 aromatic rings. The van der Waals surface area contributed by atoms with Crippen molar-refractivity contribution in [2.45, 2.75) is 12.8 Å². The second-order valence-corrected chi connectivity index (χ2v) is 10.2. The predicted molar refractivity (Wildman–Crippen MR) is 127 cm³/mol. The first kappa shape index (κ1) is 21.3. The topological polar surface area (TPSA) is 84.0 Å². The zero-order chi connectivity index (χ0) is 23.6. The van der Waals surface area contributed by atoms with E-state index in [2.05, 4.69) is 28.1 Å². The molecule has 172 valence electrons. The number of imide groups is 1. The maximum Gasteiger partial charge on any atom is 0.316 e. The standard InChI is InChI=1S/C26H21BrN2O5/c27-17-6-8-18(9-7-17)28-13-16(11-21(28)30)26(33)34-20-3-1-2-19(12-20)29-24(31)22-14-4-5-15(10-14)23(22)25(29)32/h1-9,12,14-16,22-23H,10-11,13H2/t14-,15-,16+,22-,23+/m0/s1. The molecule has 2 bridgehead atoms. The van der Waals surface area contributed by atoms with E-state index < -0.39 is 11.9 Å². The lowest BCUT2D eigenvalue weighted by atomic mass is 9.85. The first-order valence-electron chi connectivity index (χ1n) is 11.3. The van der Waals surface area contributed by atoms with E-state index in [0.717, 1.165) is 16.6 Å². The molecule has 34 heavy (non-hydrogen) atoms. The number of esters is 1. The van der Waals surface area contributed by atoms with Gasteiger partial charge in [0.1, 0.15) is 5.75 Å². The van der Waals surface area contributed by atoms with Crippen molar-refractivity contribution in [3.63, 3.8) is 0 Å². The Balaban J connectivity index is 1.16. The highest BCUT2D eigenvalue weighted by molar-refractivity contribution is 9.10. The lowest BCUT2D eigenvalue weighted by molar-refractivity contribution is -0.139. The van der Waals surface area contributed by atoms with Crippen LogP contribution in [0.15, 0.2) is 65.2 Å². The van der Waals surface area contributed by atoms with Gasteiger partial charge in [-0.2, -0.15) is 0 Å². The summed E-state index contributed by atoms with van der Waals surface area (Å²) in [5.74, 6) is -1.68. The maximum absolute atomic E-state index is 13.1. The summed E-state index contributed by atoms with van der Waals surface area (Å²) in [5.41, 5.74) is 1.14. The molecule has 2 aromatic carbocycles. The SMILES string of the molecule is O=C(Oc1cccc(N2C(=O)[C@@H]3[C@H](C2=O)[C@H]2C=C[C@H]3C2)c1)[C@@H]1CC(=O)N(c2ccc(Br)cc2)C1. The van der Waals surface area contributed by atoms with Crippen LogP contribution in [-0.2, 0) is 19.2 Å². The van der Waals surface area contributed by atoms with Crippen molar-refractivity contribution in [2.24, 2.45) is 29.6 Å². The summed E-state index contributed by atoms with van der Waals surface area (Å²) in [4.78, 5) is 54.3. The molecular formula is C26H21BrN2O5. The third kappa shape index (κ3) is 3.31. The van der Waals surface area contributed by atoms with Gasteiger partial charge in [-0.3, -0.25) is 19.2 Å². The quantitative estimate of drug-likeness (QED) is 0.265. The van der Waals surface area contributed by atoms with Crippen LogP contribution in [0.25, 0.3) is 0 Å². The minimum absolute atomic E-state index is 0.0663. The zero-order valence-electron chi connectivity index (χ0n) is 18.1. The third-order valence-electron chi connectivity index (χ3n) is 7.36. The largest absolute Gasteiger partial charge is 0.426 e. The Bertz CT molecular complexity index is 1230. The Hall–Kier alpha value is -3.26. The van der Waals surface area contributed by atoms with Crippen LogP contribution in [0, 0.1) is 29.6 Å². The molecule has 0 N–H and O–H groups in total. The van der Waals surface area contributed by atoms with Crippen LogP contribution in [0.3, 0.4) is 0 Å². The molecule has 2 heterocycles. The van der Waals surface area contributed by atoms with E-state index in [1.165, 1.54) is 4.90 Å². The number of fused-ring (bicyclic) bond motifs is 5. The molecule has 7 nitrogen and oxygen atoms in total. The molecule has 6 rings (SSSR count). The van der Waals surface area contributed by atoms with Crippen LogP contribution < -0.4 is 14.5 Å². The number of nitrogens with zero attached hydrogens (tertiary/aromatic N) is 2. The Morgan fingerprint density at radius 3 is 2.26 bits per heavy atom.